The van der Waals surface area contributed by atoms with Crippen LogP contribution < -0.4 is 10.1 Å². The Kier molecular flexibility index (Phi) is 6.09. The van der Waals surface area contributed by atoms with Crippen LogP contribution in [0.15, 0.2) is 46.9 Å². The van der Waals surface area contributed by atoms with Crippen molar-refractivity contribution in [2.45, 2.75) is 19.4 Å². The lowest BCUT2D eigenvalue weighted by atomic mass is 9.98. The third-order valence-electron chi connectivity index (χ3n) is 3.37. The first-order valence-electron chi connectivity index (χ1n) is 6.95. The molecule has 112 valence electrons. The van der Waals surface area contributed by atoms with E-state index >= 15 is 0 Å². The van der Waals surface area contributed by atoms with E-state index < -0.39 is 0 Å². The van der Waals surface area contributed by atoms with Crippen LogP contribution in [0.4, 0.5) is 0 Å². The monoisotopic (exact) mass is 367 g/mol. The molecule has 0 spiro atoms. The molecule has 0 bridgehead atoms. The first-order chi connectivity index (χ1) is 10.1. The Morgan fingerprint density at radius 3 is 2.52 bits per heavy atom. The molecule has 0 aliphatic carbocycles. The van der Waals surface area contributed by atoms with Crippen molar-refractivity contribution in [1.29, 1.82) is 0 Å². The summed E-state index contributed by atoms with van der Waals surface area (Å²) in [5.41, 5.74) is 2.41. The highest BCUT2D eigenvalue weighted by molar-refractivity contribution is 9.10. The van der Waals surface area contributed by atoms with Gasteiger partial charge < -0.3 is 10.1 Å². The fourth-order valence-electron chi connectivity index (χ4n) is 2.37. The number of nitrogens with one attached hydrogen (secondary N) is 1. The van der Waals surface area contributed by atoms with E-state index in [2.05, 4.69) is 52.4 Å². The normalized spacial score (nSPS) is 12.2. The molecule has 0 aliphatic heterocycles. The van der Waals surface area contributed by atoms with Crippen LogP contribution in [0.2, 0.25) is 5.02 Å². The number of halogens is 2. The molecule has 0 fully saturated rings. The van der Waals surface area contributed by atoms with Gasteiger partial charge in [0.05, 0.1) is 7.11 Å². The maximum atomic E-state index is 6.05. The molecule has 0 saturated heterocycles. The maximum Gasteiger partial charge on any atom is 0.125 e. The van der Waals surface area contributed by atoms with Gasteiger partial charge in [0.25, 0.3) is 0 Å². The first kappa shape index (κ1) is 16.3. The highest BCUT2D eigenvalue weighted by atomic mass is 79.9. The smallest absolute Gasteiger partial charge is 0.125 e. The summed E-state index contributed by atoms with van der Waals surface area (Å²) in [7, 11) is 1.68. The maximum absolute atomic E-state index is 6.05. The predicted molar refractivity (Wildman–Crippen MR) is 92.3 cm³/mol. The van der Waals surface area contributed by atoms with Gasteiger partial charge in [0, 0.05) is 21.1 Å². The summed E-state index contributed by atoms with van der Waals surface area (Å²) in [6.45, 7) is 3.00. The van der Waals surface area contributed by atoms with Gasteiger partial charge in [0.1, 0.15) is 5.75 Å². The van der Waals surface area contributed by atoms with Crippen molar-refractivity contribution in [1.82, 2.24) is 5.32 Å². The van der Waals surface area contributed by atoms with Crippen LogP contribution in [0.1, 0.15) is 24.1 Å². The summed E-state index contributed by atoms with van der Waals surface area (Å²) in [5, 5.41) is 4.21. The van der Waals surface area contributed by atoms with Crippen LogP contribution in [0.3, 0.4) is 0 Å². The molecule has 0 radical (unpaired) electrons. The highest BCUT2D eigenvalue weighted by Crippen LogP contribution is 2.30. The van der Waals surface area contributed by atoms with Crippen LogP contribution in [-0.2, 0) is 6.42 Å². The standard InChI is InChI=1S/C17H19BrClNO/c1-3-20-16(10-12-4-6-13(18)7-5-12)15-9-8-14(19)11-17(15)21-2/h4-9,11,16,20H,3,10H2,1-2H3. The summed E-state index contributed by atoms with van der Waals surface area (Å²) in [5.74, 6) is 0.825. The quantitative estimate of drug-likeness (QED) is 0.774. The van der Waals surface area contributed by atoms with Crippen molar-refractivity contribution >= 4 is 27.5 Å². The molecule has 2 rings (SSSR count). The number of hydrogen-bond acceptors (Lipinski definition) is 2. The molecule has 0 heterocycles. The van der Waals surface area contributed by atoms with Gasteiger partial charge in [0.2, 0.25) is 0 Å². The van der Waals surface area contributed by atoms with Crippen molar-refractivity contribution in [2.75, 3.05) is 13.7 Å². The fraction of sp³-hybridized carbons (Fsp3) is 0.294. The van der Waals surface area contributed by atoms with Crippen LogP contribution in [0.25, 0.3) is 0 Å². The van der Waals surface area contributed by atoms with E-state index in [9.17, 15) is 0 Å². The molecular formula is C17H19BrClNO. The molecule has 2 aromatic carbocycles. The van der Waals surface area contributed by atoms with Gasteiger partial charge in [-0.2, -0.15) is 0 Å². The second kappa shape index (κ2) is 7.83. The third kappa shape index (κ3) is 4.47. The Morgan fingerprint density at radius 1 is 1.19 bits per heavy atom. The zero-order chi connectivity index (χ0) is 15.2. The zero-order valence-corrected chi connectivity index (χ0v) is 14.5. The van der Waals surface area contributed by atoms with Crippen LogP contribution in [0, 0.1) is 0 Å². The van der Waals surface area contributed by atoms with Gasteiger partial charge in [-0.3, -0.25) is 0 Å². The van der Waals surface area contributed by atoms with Crippen molar-refractivity contribution in [3.63, 3.8) is 0 Å². The van der Waals surface area contributed by atoms with Gasteiger partial charge >= 0.3 is 0 Å². The number of rotatable bonds is 6. The Hall–Kier alpha value is -1.03. The molecular weight excluding hydrogens is 350 g/mol. The summed E-state index contributed by atoms with van der Waals surface area (Å²) in [6.07, 6.45) is 0.902. The summed E-state index contributed by atoms with van der Waals surface area (Å²) in [6, 6.07) is 14.4. The number of hydrogen-bond donors (Lipinski definition) is 1. The van der Waals surface area contributed by atoms with E-state index in [-0.39, 0.29) is 6.04 Å². The molecule has 0 saturated carbocycles. The second-order valence-electron chi connectivity index (χ2n) is 4.83. The van der Waals surface area contributed by atoms with Gasteiger partial charge in [-0.15, -0.1) is 0 Å². The Bertz CT molecular complexity index is 586. The zero-order valence-electron chi connectivity index (χ0n) is 12.2. The minimum absolute atomic E-state index is 0.198. The number of likely N-dealkylation sites (N-methyl/N-ethyl adjacent to an activating group) is 1. The minimum Gasteiger partial charge on any atom is -0.496 e. The molecule has 0 aromatic heterocycles. The molecule has 4 heteroatoms. The lowest BCUT2D eigenvalue weighted by molar-refractivity contribution is 0.399. The van der Waals surface area contributed by atoms with Crippen LogP contribution in [-0.4, -0.2) is 13.7 Å². The molecule has 0 aliphatic rings. The lowest BCUT2D eigenvalue weighted by Gasteiger charge is -2.21. The molecule has 2 nitrogen and oxygen atoms in total. The summed E-state index contributed by atoms with van der Waals surface area (Å²) >= 11 is 9.52. The van der Waals surface area contributed by atoms with Gasteiger partial charge in [-0.1, -0.05) is 52.7 Å². The van der Waals surface area contributed by atoms with Gasteiger partial charge in [0.15, 0.2) is 0 Å². The predicted octanol–water partition coefficient (Wildman–Crippen LogP) is 5.00. The molecule has 1 atom stereocenters. The molecule has 0 amide bonds. The van der Waals surface area contributed by atoms with Crippen molar-refractivity contribution in [2.24, 2.45) is 0 Å². The SMILES string of the molecule is CCNC(Cc1ccc(Br)cc1)c1ccc(Cl)cc1OC. The van der Waals surface area contributed by atoms with Crippen molar-refractivity contribution < 1.29 is 4.74 Å². The van der Waals surface area contributed by atoms with Crippen molar-refractivity contribution in [3.05, 3.63) is 63.1 Å². The van der Waals surface area contributed by atoms with Crippen LogP contribution in [0.5, 0.6) is 5.75 Å². The van der Waals surface area contributed by atoms with E-state index in [1.54, 1.807) is 7.11 Å². The molecule has 2 aromatic rings. The van der Waals surface area contributed by atoms with E-state index in [4.69, 9.17) is 16.3 Å². The number of benzene rings is 2. The third-order valence-corrected chi connectivity index (χ3v) is 4.14. The average molecular weight is 369 g/mol. The topological polar surface area (TPSA) is 21.3 Å². The average Bonchev–Trinajstić information content (AvgIpc) is 2.49. The van der Waals surface area contributed by atoms with Crippen LogP contribution >= 0.6 is 27.5 Å². The Labute approximate surface area is 139 Å². The second-order valence-corrected chi connectivity index (χ2v) is 6.18. The van der Waals surface area contributed by atoms with E-state index in [1.165, 1.54) is 5.56 Å². The first-order valence-corrected chi connectivity index (χ1v) is 8.12. The van der Waals surface area contributed by atoms with E-state index in [0.717, 1.165) is 28.8 Å². The summed E-state index contributed by atoms with van der Waals surface area (Å²) in [4.78, 5) is 0. The Morgan fingerprint density at radius 2 is 1.90 bits per heavy atom. The minimum atomic E-state index is 0.198. The lowest BCUT2D eigenvalue weighted by Crippen LogP contribution is -2.23. The van der Waals surface area contributed by atoms with Gasteiger partial charge in [-0.05, 0) is 42.8 Å². The largest absolute Gasteiger partial charge is 0.496 e. The fourth-order valence-corrected chi connectivity index (χ4v) is 2.79. The Balaban J connectivity index is 2.28. The highest BCUT2D eigenvalue weighted by Gasteiger charge is 2.16. The molecule has 1 N–H and O–H groups in total. The molecule has 1 unspecified atom stereocenters. The van der Waals surface area contributed by atoms with E-state index in [0.29, 0.717) is 5.02 Å². The summed E-state index contributed by atoms with van der Waals surface area (Å²) < 4.78 is 6.57. The number of ether oxygens (including phenoxy) is 1. The molecule has 21 heavy (non-hydrogen) atoms. The number of methoxy groups -OCH3 is 1. The van der Waals surface area contributed by atoms with Crippen molar-refractivity contribution in [3.8, 4) is 5.75 Å². The van der Waals surface area contributed by atoms with Gasteiger partial charge in [-0.25, -0.2) is 0 Å². The van der Waals surface area contributed by atoms with E-state index in [1.807, 2.05) is 18.2 Å².